The van der Waals surface area contributed by atoms with Gasteiger partial charge in [-0.05, 0) is 35.2 Å². The molecule has 0 spiro atoms. The minimum absolute atomic E-state index is 0.0646. The predicted octanol–water partition coefficient (Wildman–Crippen LogP) is 3.09. The molecule has 130 valence electrons. The zero-order valence-electron chi connectivity index (χ0n) is 14.2. The van der Waals surface area contributed by atoms with Gasteiger partial charge < -0.3 is 10.5 Å². The lowest BCUT2D eigenvalue weighted by Gasteiger charge is -2.24. The van der Waals surface area contributed by atoms with Crippen molar-refractivity contribution in [1.82, 2.24) is 4.72 Å². The van der Waals surface area contributed by atoms with Crippen LogP contribution in [0, 0.1) is 5.92 Å². The molecule has 2 aromatic rings. The Morgan fingerprint density at radius 3 is 2.46 bits per heavy atom. The van der Waals surface area contributed by atoms with E-state index in [1.165, 1.54) is 0 Å². The number of rotatable bonds is 7. The highest BCUT2D eigenvalue weighted by molar-refractivity contribution is 7.88. The summed E-state index contributed by atoms with van der Waals surface area (Å²) in [7, 11) is -1.98. The van der Waals surface area contributed by atoms with Crippen LogP contribution in [0.4, 0.5) is 5.69 Å². The molecule has 5 nitrogen and oxygen atoms in total. The van der Waals surface area contributed by atoms with Gasteiger partial charge in [0.2, 0.25) is 10.0 Å². The van der Waals surface area contributed by atoms with Gasteiger partial charge in [-0.25, -0.2) is 13.1 Å². The van der Waals surface area contributed by atoms with Gasteiger partial charge >= 0.3 is 0 Å². The van der Waals surface area contributed by atoms with Crippen LogP contribution < -0.4 is 15.2 Å². The second-order valence-electron chi connectivity index (χ2n) is 6.08. The third-order valence-electron chi connectivity index (χ3n) is 3.80. The first kappa shape index (κ1) is 18.3. The Hall–Kier alpha value is -2.05. The lowest BCUT2D eigenvalue weighted by atomic mass is 9.96. The number of nitrogen functional groups attached to an aromatic ring is 1. The molecule has 2 aromatic carbocycles. The highest BCUT2D eigenvalue weighted by Gasteiger charge is 2.24. The molecule has 0 aliphatic carbocycles. The maximum absolute atomic E-state index is 12.6. The van der Waals surface area contributed by atoms with E-state index in [-0.39, 0.29) is 17.7 Å². The van der Waals surface area contributed by atoms with Crippen LogP contribution in [0.15, 0.2) is 48.5 Å². The van der Waals surface area contributed by atoms with E-state index in [1.807, 2.05) is 32.0 Å². The monoisotopic (exact) mass is 348 g/mol. The van der Waals surface area contributed by atoms with E-state index in [1.54, 1.807) is 37.4 Å². The van der Waals surface area contributed by atoms with Gasteiger partial charge in [0.1, 0.15) is 5.75 Å². The fraction of sp³-hybridized carbons (Fsp3) is 0.333. The summed E-state index contributed by atoms with van der Waals surface area (Å²) in [4.78, 5) is 0. The van der Waals surface area contributed by atoms with Crippen molar-refractivity contribution in [3.63, 3.8) is 0 Å². The van der Waals surface area contributed by atoms with Crippen LogP contribution in [0.25, 0.3) is 0 Å². The van der Waals surface area contributed by atoms with Gasteiger partial charge in [0.15, 0.2) is 0 Å². The number of para-hydroxylation sites is 1. The summed E-state index contributed by atoms with van der Waals surface area (Å²) >= 11 is 0. The quantitative estimate of drug-likeness (QED) is 0.753. The second-order valence-corrected chi connectivity index (χ2v) is 7.83. The molecule has 0 saturated heterocycles. The van der Waals surface area contributed by atoms with Gasteiger partial charge in [0.05, 0.1) is 18.9 Å². The van der Waals surface area contributed by atoms with E-state index in [9.17, 15) is 8.42 Å². The topological polar surface area (TPSA) is 81.4 Å². The van der Waals surface area contributed by atoms with Gasteiger partial charge in [0, 0.05) is 5.69 Å². The van der Waals surface area contributed by atoms with Gasteiger partial charge in [-0.15, -0.1) is 0 Å². The van der Waals surface area contributed by atoms with Crippen LogP contribution >= 0.6 is 0 Å². The van der Waals surface area contributed by atoms with E-state index < -0.39 is 10.0 Å². The Labute approximate surface area is 143 Å². The number of hydrogen-bond acceptors (Lipinski definition) is 4. The smallest absolute Gasteiger partial charge is 0.216 e. The van der Waals surface area contributed by atoms with Crippen LogP contribution in [0.1, 0.15) is 31.0 Å². The number of methoxy groups -OCH3 is 1. The molecule has 0 aliphatic rings. The number of anilines is 1. The van der Waals surface area contributed by atoms with Crippen molar-refractivity contribution in [2.75, 3.05) is 12.8 Å². The molecule has 0 aromatic heterocycles. The highest BCUT2D eigenvalue weighted by Crippen LogP contribution is 2.27. The fourth-order valence-electron chi connectivity index (χ4n) is 2.57. The van der Waals surface area contributed by atoms with Crippen molar-refractivity contribution in [1.29, 1.82) is 0 Å². The molecular weight excluding hydrogens is 324 g/mol. The Bertz CT molecular complexity index is 788. The molecule has 0 bridgehead atoms. The fourth-order valence-corrected chi connectivity index (χ4v) is 4.06. The van der Waals surface area contributed by atoms with Crippen LogP contribution in [0.2, 0.25) is 0 Å². The SMILES string of the molecule is COc1cccc(CS(=O)(=O)N[C@H](c2ccccc2N)C(C)C)c1. The zero-order chi connectivity index (χ0) is 17.7. The molecule has 24 heavy (non-hydrogen) atoms. The molecule has 0 unspecified atom stereocenters. The Morgan fingerprint density at radius 2 is 1.83 bits per heavy atom. The van der Waals surface area contributed by atoms with Crippen LogP contribution in [-0.2, 0) is 15.8 Å². The number of hydrogen-bond donors (Lipinski definition) is 2. The summed E-state index contributed by atoms with van der Waals surface area (Å²) in [5.74, 6) is 0.588. The van der Waals surface area contributed by atoms with Gasteiger partial charge in [0.25, 0.3) is 0 Å². The van der Waals surface area contributed by atoms with Crippen molar-refractivity contribution in [3.05, 3.63) is 59.7 Å². The Kier molecular flexibility index (Phi) is 5.85. The molecule has 0 heterocycles. The van der Waals surface area contributed by atoms with Gasteiger partial charge in [-0.2, -0.15) is 0 Å². The lowest BCUT2D eigenvalue weighted by Crippen LogP contribution is -2.33. The predicted molar refractivity (Wildman–Crippen MR) is 97.2 cm³/mol. The molecule has 1 atom stereocenters. The highest BCUT2D eigenvalue weighted by atomic mass is 32.2. The van der Waals surface area contributed by atoms with E-state index in [0.29, 0.717) is 17.0 Å². The van der Waals surface area contributed by atoms with Crippen molar-refractivity contribution in [3.8, 4) is 5.75 Å². The number of sulfonamides is 1. The van der Waals surface area contributed by atoms with Crippen molar-refractivity contribution >= 4 is 15.7 Å². The summed E-state index contributed by atoms with van der Waals surface area (Å²) in [5.41, 5.74) is 8.07. The summed E-state index contributed by atoms with van der Waals surface area (Å²) in [6, 6.07) is 14.0. The largest absolute Gasteiger partial charge is 0.497 e. The summed E-state index contributed by atoms with van der Waals surface area (Å²) in [6.07, 6.45) is 0. The number of nitrogens with one attached hydrogen (secondary N) is 1. The summed E-state index contributed by atoms with van der Waals surface area (Å²) < 4.78 is 33.1. The summed E-state index contributed by atoms with van der Waals surface area (Å²) in [5, 5.41) is 0. The van der Waals surface area contributed by atoms with E-state index in [2.05, 4.69) is 4.72 Å². The molecule has 0 aliphatic heterocycles. The maximum Gasteiger partial charge on any atom is 0.216 e. The first-order chi connectivity index (χ1) is 11.3. The van der Waals surface area contributed by atoms with Crippen LogP contribution in [-0.4, -0.2) is 15.5 Å². The normalized spacial score (nSPS) is 13.0. The standard InChI is InChI=1S/C18H24N2O3S/c1-13(2)18(16-9-4-5-10-17(16)19)20-24(21,22)12-14-7-6-8-15(11-14)23-3/h4-11,13,18,20H,12,19H2,1-3H3/t18-/m0/s1. The summed E-state index contributed by atoms with van der Waals surface area (Å²) in [6.45, 7) is 3.93. The number of ether oxygens (including phenoxy) is 1. The minimum Gasteiger partial charge on any atom is -0.497 e. The molecule has 0 amide bonds. The van der Waals surface area contributed by atoms with Crippen LogP contribution in [0.3, 0.4) is 0 Å². The molecular formula is C18H24N2O3S. The Morgan fingerprint density at radius 1 is 1.12 bits per heavy atom. The molecule has 6 heteroatoms. The molecule has 2 rings (SSSR count). The van der Waals surface area contributed by atoms with E-state index in [4.69, 9.17) is 10.5 Å². The Balaban J connectivity index is 2.23. The minimum atomic E-state index is -3.53. The number of benzene rings is 2. The van der Waals surface area contributed by atoms with Gasteiger partial charge in [-0.3, -0.25) is 0 Å². The number of nitrogens with two attached hydrogens (primary N) is 1. The average molecular weight is 348 g/mol. The van der Waals surface area contributed by atoms with Crippen molar-refractivity contribution < 1.29 is 13.2 Å². The third kappa shape index (κ3) is 4.72. The molecule has 3 N–H and O–H groups in total. The molecule has 0 saturated carbocycles. The van der Waals surface area contributed by atoms with Crippen LogP contribution in [0.5, 0.6) is 5.75 Å². The van der Waals surface area contributed by atoms with Gasteiger partial charge in [-0.1, -0.05) is 44.2 Å². The van der Waals surface area contributed by atoms with Crippen molar-refractivity contribution in [2.45, 2.75) is 25.6 Å². The second kappa shape index (κ2) is 7.68. The van der Waals surface area contributed by atoms with E-state index >= 15 is 0 Å². The molecule has 0 fully saturated rings. The molecule has 0 radical (unpaired) electrons. The third-order valence-corrected chi connectivity index (χ3v) is 5.12. The zero-order valence-corrected chi connectivity index (χ0v) is 15.0. The average Bonchev–Trinajstić information content (AvgIpc) is 2.53. The first-order valence-corrected chi connectivity index (χ1v) is 9.45. The first-order valence-electron chi connectivity index (χ1n) is 7.79. The maximum atomic E-state index is 12.6. The lowest BCUT2D eigenvalue weighted by molar-refractivity contribution is 0.414. The van der Waals surface area contributed by atoms with E-state index in [0.717, 1.165) is 5.56 Å². The van der Waals surface area contributed by atoms with Crippen molar-refractivity contribution in [2.24, 2.45) is 5.92 Å².